The van der Waals surface area contributed by atoms with Crippen LogP contribution in [0.25, 0.3) is 44.8 Å². The van der Waals surface area contributed by atoms with Crippen molar-refractivity contribution in [3.8, 4) is 28.5 Å². The lowest BCUT2D eigenvalue weighted by Gasteiger charge is -2.21. The molecule has 6 aromatic rings. The number of furan rings is 1. The molecule has 0 aliphatic carbocycles. The molecule has 0 aliphatic heterocycles. The van der Waals surface area contributed by atoms with Crippen molar-refractivity contribution in [2.24, 2.45) is 5.73 Å². The lowest BCUT2D eigenvalue weighted by atomic mass is 9.97. The molecule has 9 nitrogen and oxygen atoms in total. The van der Waals surface area contributed by atoms with Crippen LogP contribution in [0.5, 0.6) is 5.75 Å². The molecule has 6 rings (SSSR count). The number of carbonyl (C=O) groups excluding carboxylic acids is 1. The molecule has 0 saturated carbocycles. The Morgan fingerprint density at radius 1 is 1.05 bits per heavy atom. The number of methoxy groups -OCH3 is 1. The van der Waals surface area contributed by atoms with Gasteiger partial charge in [-0.05, 0) is 94.7 Å². The Morgan fingerprint density at radius 3 is 2.45 bits per heavy atom. The Labute approximate surface area is 265 Å². The number of nitrogens with zero attached hydrogens (tertiary/aromatic N) is 2. The van der Waals surface area contributed by atoms with E-state index in [-0.39, 0.29) is 23.3 Å². The van der Waals surface area contributed by atoms with Gasteiger partial charge in [0.15, 0.2) is 5.58 Å². The highest BCUT2D eigenvalue weighted by Gasteiger charge is 2.25. The summed E-state index contributed by atoms with van der Waals surface area (Å²) in [6.45, 7) is 0. The van der Waals surface area contributed by atoms with Crippen LogP contribution >= 0.6 is 22.6 Å². The zero-order chi connectivity index (χ0) is 31.3. The van der Waals surface area contributed by atoms with Crippen LogP contribution in [0.2, 0.25) is 0 Å². The second-order valence-electron chi connectivity index (χ2n) is 10.2. The Kier molecular flexibility index (Phi) is 7.58. The first-order valence-corrected chi connectivity index (χ1v) is 16.2. The minimum absolute atomic E-state index is 0.109. The summed E-state index contributed by atoms with van der Waals surface area (Å²) in [6, 6.07) is 19.9. The van der Waals surface area contributed by atoms with Crippen LogP contribution in [-0.4, -0.2) is 39.7 Å². The van der Waals surface area contributed by atoms with Gasteiger partial charge < -0.3 is 19.3 Å². The molecule has 0 spiro atoms. The van der Waals surface area contributed by atoms with E-state index < -0.39 is 21.7 Å². The van der Waals surface area contributed by atoms with Gasteiger partial charge in [-0.15, -0.1) is 0 Å². The number of rotatable bonds is 8. The summed E-state index contributed by atoms with van der Waals surface area (Å²) in [7, 11) is -0.685. The number of anilines is 1. The Morgan fingerprint density at radius 2 is 1.80 bits per heavy atom. The van der Waals surface area contributed by atoms with Gasteiger partial charge in [-0.1, -0.05) is 12.1 Å². The smallest absolute Gasteiger partial charge is 0.253 e. The van der Waals surface area contributed by atoms with Gasteiger partial charge in [0.1, 0.15) is 28.4 Å². The number of benzene rings is 4. The normalized spacial score (nSPS) is 11.8. The molecular weight excluding hydrogens is 700 g/mol. The highest BCUT2D eigenvalue weighted by Crippen LogP contribution is 2.39. The molecule has 4 aromatic carbocycles. The fourth-order valence-electron chi connectivity index (χ4n) is 5.12. The number of carbonyl (C=O) groups is 1. The van der Waals surface area contributed by atoms with Crippen LogP contribution < -0.4 is 14.8 Å². The molecule has 0 fully saturated rings. The number of ether oxygens (including phenoxy) is 1. The number of primary amides is 1. The molecule has 12 heteroatoms. The van der Waals surface area contributed by atoms with Crippen molar-refractivity contribution in [2.75, 3.05) is 24.7 Å². The Balaban J connectivity index is 1.52. The quantitative estimate of drug-likeness (QED) is 0.172. The second-order valence-corrected chi connectivity index (χ2v) is 13.4. The van der Waals surface area contributed by atoms with Gasteiger partial charge in [-0.25, -0.2) is 17.8 Å². The number of aromatic nitrogens is 1. The number of amides is 1. The molecule has 2 N–H and O–H groups in total. The highest BCUT2D eigenvalue weighted by atomic mass is 127. The predicted octanol–water partition coefficient (Wildman–Crippen LogP) is 6.75. The van der Waals surface area contributed by atoms with Crippen molar-refractivity contribution in [1.82, 2.24) is 4.98 Å². The molecule has 2 aromatic heterocycles. The molecule has 0 aliphatic rings. The zero-order valence-electron chi connectivity index (χ0n) is 23.7. The van der Waals surface area contributed by atoms with Crippen LogP contribution in [0.3, 0.4) is 0 Å². The molecule has 44 heavy (non-hydrogen) atoms. The first kappa shape index (κ1) is 29.6. The van der Waals surface area contributed by atoms with E-state index in [0.29, 0.717) is 45.0 Å². The topological polar surface area (TPSA) is 129 Å². The molecule has 1 amide bonds. The maximum atomic E-state index is 13.6. The molecule has 0 radical (unpaired) electrons. The summed E-state index contributed by atoms with van der Waals surface area (Å²) in [5.41, 5.74) is 10.3. The summed E-state index contributed by atoms with van der Waals surface area (Å²) in [6.07, 6.45) is 1.36. The highest BCUT2D eigenvalue weighted by molar-refractivity contribution is 14.1. The number of hydrogen-bond acceptors (Lipinski definition) is 7. The third-order valence-electron chi connectivity index (χ3n) is 7.34. The number of halogens is 2. The molecule has 2 heterocycles. The summed E-state index contributed by atoms with van der Waals surface area (Å²) >= 11 is 2.20. The van der Waals surface area contributed by atoms with Gasteiger partial charge in [-0.3, -0.25) is 9.10 Å². The van der Waals surface area contributed by atoms with Crippen molar-refractivity contribution in [2.45, 2.75) is 6.42 Å². The number of hydrogen-bond donors (Lipinski definition) is 1. The van der Waals surface area contributed by atoms with Gasteiger partial charge in [0.05, 0.1) is 30.2 Å². The van der Waals surface area contributed by atoms with Crippen LogP contribution in [0.4, 0.5) is 10.1 Å². The predicted molar refractivity (Wildman–Crippen MR) is 175 cm³/mol. The summed E-state index contributed by atoms with van der Waals surface area (Å²) in [5.74, 6) is -0.0997. The minimum atomic E-state index is -3.68. The summed E-state index contributed by atoms with van der Waals surface area (Å²) < 4.78 is 58.8. The van der Waals surface area contributed by atoms with E-state index >= 15 is 0 Å². The van der Waals surface area contributed by atoms with E-state index in [1.165, 1.54) is 31.3 Å². The molecule has 224 valence electrons. The van der Waals surface area contributed by atoms with Gasteiger partial charge in [0, 0.05) is 27.6 Å². The van der Waals surface area contributed by atoms with Crippen LogP contribution in [0, 0.1) is 9.39 Å². The van der Waals surface area contributed by atoms with Crippen LogP contribution in [0.15, 0.2) is 81.6 Å². The monoisotopic (exact) mass is 725 g/mol. The van der Waals surface area contributed by atoms with Crippen molar-refractivity contribution < 1.29 is 31.2 Å². The molecule has 0 saturated heterocycles. The third-order valence-corrected chi connectivity index (χ3v) is 9.40. The number of nitrogens with two attached hydrogens (primary N) is 1. The van der Waals surface area contributed by atoms with Gasteiger partial charge >= 0.3 is 0 Å². The van der Waals surface area contributed by atoms with Crippen molar-refractivity contribution in [3.63, 3.8) is 0 Å². The maximum absolute atomic E-state index is 13.6. The van der Waals surface area contributed by atoms with E-state index in [2.05, 4.69) is 22.6 Å². The number of sulfonamides is 1. The number of fused-ring (bicyclic) bond motifs is 2. The average Bonchev–Trinajstić information content (AvgIpc) is 3.59. The Hall–Kier alpha value is -4.43. The molecule has 0 unspecified atom stereocenters. The zero-order valence-corrected chi connectivity index (χ0v) is 26.7. The average molecular weight is 726 g/mol. The SMILES string of the molecule is COc1ccc(Cc2cc3c(C(N)=O)c(-c4ccc(F)cc4)oc3cc2N(C)S(C)(=O)=O)cc1-c1nc2c(I)cccc2o1. The third kappa shape index (κ3) is 5.39. The van der Waals surface area contributed by atoms with Gasteiger partial charge in [0.2, 0.25) is 15.9 Å². The maximum Gasteiger partial charge on any atom is 0.253 e. The lowest BCUT2D eigenvalue weighted by Crippen LogP contribution is -2.26. The second kappa shape index (κ2) is 11.2. The Bertz CT molecular complexity index is 2190. The largest absolute Gasteiger partial charge is 0.496 e. The fourth-order valence-corrected chi connectivity index (χ4v) is 6.24. The number of oxazole rings is 1. The van der Waals surface area contributed by atoms with Crippen molar-refractivity contribution in [1.29, 1.82) is 0 Å². The standard InChI is InChI=1S/C32H25FIN3O6S/c1-37(44(3,39)40)24-16-27-21(28(31(35)38)30(42-27)18-8-10-20(33)11-9-18)15-19(24)13-17-7-12-25(41-2)22(14-17)32-36-29-23(34)5-4-6-26(29)43-32/h4-12,14-16H,13H2,1-3H3,(H2,35,38). The molecular formula is C32H25FIN3O6S. The minimum Gasteiger partial charge on any atom is -0.496 e. The van der Waals surface area contributed by atoms with E-state index in [1.54, 1.807) is 25.3 Å². The first-order valence-electron chi connectivity index (χ1n) is 13.3. The van der Waals surface area contributed by atoms with Gasteiger partial charge in [0.25, 0.3) is 5.91 Å². The van der Waals surface area contributed by atoms with E-state index in [0.717, 1.165) is 25.2 Å². The van der Waals surface area contributed by atoms with Crippen molar-refractivity contribution in [3.05, 3.63) is 98.9 Å². The van der Waals surface area contributed by atoms with E-state index in [4.69, 9.17) is 24.3 Å². The van der Waals surface area contributed by atoms with Gasteiger partial charge in [-0.2, -0.15) is 0 Å². The summed E-state index contributed by atoms with van der Waals surface area (Å²) in [4.78, 5) is 17.4. The fraction of sp³-hybridized carbons (Fsp3) is 0.125. The first-order chi connectivity index (χ1) is 20.9. The molecule has 0 atom stereocenters. The van der Waals surface area contributed by atoms with E-state index in [9.17, 15) is 17.6 Å². The molecule has 0 bridgehead atoms. The van der Waals surface area contributed by atoms with Crippen LogP contribution in [-0.2, 0) is 16.4 Å². The van der Waals surface area contributed by atoms with Crippen molar-refractivity contribution >= 4 is 66.3 Å². The number of para-hydroxylation sites is 1. The lowest BCUT2D eigenvalue weighted by molar-refractivity contribution is 0.100. The van der Waals surface area contributed by atoms with Crippen LogP contribution in [0.1, 0.15) is 21.5 Å². The summed E-state index contributed by atoms with van der Waals surface area (Å²) in [5, 5.41) is 0.403. The van der Waals surface area contributed by atoms with E-state index in [1.807, 2.05) is 30.3 Å².